The molecule has 2 rings (SSSR count). The van der Waals surface area contributed by atoms with Crippen molar-refractivity contribution in [3.63, 3.8) is 0 Å². The van der Waals surface area contributed by atoms with E-state index in [0.717, 1.165) is 15.2 Å². The van der Waals surface area contributed by atoms with Gasteiger partial charge in [0.1, 0.15) is 0 Å². The Morgan fingerprint density at radius 2 is 2.00 bits per heavy atom. The first kappa shape index (κ1) is 13.1. The van der Waals surface area contributed by atoms with Crippen LogP contribution in [0.1, 0.15) is 19.9 Å². The summed E-state index contributed by atoms with van der Waals surface area (Å²) in [5, 5.41) is 3.33. The van der Waals surface area contributed by atoms with E-state index in [0.29, 0.717) is 16.1 Å². The molecule has 1 nitrogen and oxygen atoms in total. The zero-order valence-corrected chi connectivity index (χ0v) is 12.6. The monoisotopic (exact) mass is 303 g/mol. The lowest BCUT2D eigenvalue weighted by atomic mass is 10.1. The molecule has 5 heteroatoms. The van der Waals surface area contributed by atoms with Crippen molar-refractivity contribution in [3.8, 4) is 11.3 Å². The summed E-state index contributed by atoms with van der Waals surface area (Å²) < 4.78 is 2.97. The van der Waals surface area contributed by atoms with Gasteiger partial charge in [-0.25, -0.2) is 0 Å². The summed E-state index contributed by atoms with van der Waals surface area (Å²) in [5.41, 5.74) is 2.02. The Morgan fingerprint density at radius 3 is 2.59 bits per heavy atom. The van der Waals surface area contributed by atoms with E-state index in [1.165, 1.54) is 0 Å². The smallest absolute Gasteiger partial charge is 0.161 e. The fourth-order valence-corrected chi connectivity index (χ4v) is 3.53. The topological polar surface area (TPSA) is 4.93 Å². The van der Waals surface area contributed by atoms with Crippen molar-refractivity contribution < 1.29 is 0 Å². The number of hydrogen-bond donors (Lipinski definition) is 0. The molecule has 0 spiro atoms. The molecule has 0 radical (unpaired) electrons. The maximum atomic E-state index is 6.22. The summed E-state index contributed by atoms with van der Waals surface area (Å²) in [7, 11) is 0. The number of benzene rings is 1. The zero-order valence-electron chi connectivity index (χ0n) is 9.41. The molecule has 0 unspecified atom stereocenters. The second kappa shape index (κ2) is 5.11. The summed E-state index contributed by atoms with van der Waals surface area (Å²) in [6.45, 7) is 4.21. The van der Waals surface area contributed by atoms with Gasteiger partial charge in [-0.2, -0.15) is 0 Å². The first-order valence-corrected chi connectivity index (χ1v) is 7.20. The minimum absolute atomic E-state index is 0.315. The van der Waals surface area contributed by atoms with E-state index in [-0.39, 0.29) is 0 Å². The molecular weight excluding hydrogens is 293 g/mol. The fourth-order valence-electron chi connectivity index (χ4n) is 1.70. The first-order valence-electron chi connectivity index (χ1n) is 5.16. The van der Waals surface area contributed by atoms with Crippen molar-refractivity contribution >= 4 is 46.8 Å². The fraction of sp³-hybridized carbons (Fsp3) is 0.250. The molecule has 2 aromatic rings. The molecular formula is C12H11Cl2NS2. The van der Waals surface area contributed by atoms with Gasteiger partial charge in [0.15, 0.2) is 3.95 Å². The molecule has 1 aromatic carbocycles. The summed E-state index contributed by atoms with van der Waals surface area (Å²) in [6, 6.07) is 5.84. The summed E-state index contributed by atoms with van der Waals surface area (Å²) in [4.78, 5) is 0. The molecule has 0 atom stereocenters. The number of thiazole rings is 1. The molecule has 0 N–H and O–H groups in total. The Hall–Kier alpha value is -0.350. The molecule has 17 heavy (non-hydrogen) atoms. The third-order valence-corrected chi connectivity index (χ3v) is 4.22. The molecule has 90 valence electrons. The van der Waals surface area contributed by atoms with E-state index in [1.807, 2.05) is 17.5 Å². The summed E-state index contributed by atoms with van der Waals surface area (Å²) in [6.07, 6.45) is 0. The quantitative estimate of drug-likeness (QED) is 0.631. The van der Waals surface area contributed by atoms with Gasteiger partial charge >= 0.3 is 0 Å². The van der Waals surface area contributed by atoms with Crippen LogP contribution in [0.4, 0.5) is 0 Å². The lowest BCUT2D eigenvalue weighted by molar-refractivity contribution is 0.606. The van der Waals surface area contributed by atoms with E-state index >= 15 is 0 Å². The Balaban J connectivity index is 2.65. The number of aromatic nitrogens is 1. The number of rotatable bonds is 2. The van der Waals surface area contributed by atoms with Gasteiger partial charge in [0, 0.05) is 22.0 Å². The Kier molecular flexibility index (Phi) is 3.93. The van der Waals surface area contributed by atoms with Crippen molar-refractivity contribution in [3.05, 3.63) is 37.6 Å². The molecule has 0 bridgehead atoms. The molecule has 1 heterocycles. The van der Waals surface area contributed by atoms with Gasteiger partial charge in [0.05, 0.1) is 10.7 Å². The second-order valence-corrected chi connectivity index (χ2v) is 6.32. The predicted molar refractivity (Wildman–Crippen MR) is 79.0 cm³/mol. The third kappa shape index (κ3) is 2.58. The highest BCUT2D eigenvalue weighted by atomic mass is 35.5. The minimum atomic E-state index is 0.315. The summed E-state index contributed by atoms with van der Waals surface area (Å²) in [5.74, 6) is 0. The molecule has 0 amide bonds. The average Bonchev–Trinajstić information content (AvgIpc) is 2.60. The highest BCUT2D eigenvalue weighted by Crippen LogP contribution is 2.33. The van der Waals surface area contributed by atoms with Crippen molar-refractivity contribution in [2.75, 3.05) is 0 Å². The van der Waals surface area contributed by atoms with Crippen LogP contribution in [0.15, 0.2) is 23.6 Å². The second-order valence-electron chi connectivity index (χ2n) is 3.97. The number of nitrogens with zero attached hydrogens (tertiary/aromatic N) is 1. The van der Waals surface area contributed by atoms with Crippen LogP contribution >= 0.6 is 46.8 Å². The SMILES string of the molecule is CC(C)n1c(-c2ccc(Cl)cc2Cl)csc1=S. The lowest BCUT2D eigenvalue weighted by Crippen LogP contribution is -2.02. The van der Waals surface area contributed by atoms with E-state index in [2.05, 4.69) is 18.4 Å². The molecule has 0 fully saturated rings. The van der Waals surface area contributed by atoms with Crippen LogP contribution < -0.4 is 0 Å². The van der Waals surface area contributed by atoms with E-state index < -0.39 is 0 Å². The average molecular weight is 304 g/mol. The minimum Gasteiger partial charge on any atom is -0.320 e. The normalized spacial score (nSPS) is 11.1. The van der Waals surface area contributed by atoms with Gasteiger partial charge < -0.3 is 4.57 Å². The van der Waals surface area contributed by atoms with Crippen molar-refractivity contribution in [1.29, 1.82) is 0 Å². The molecule has 0 saturated heterocycles. The third-order valence-electron chi connectivity index (χ3n) is 2.45. The van der Waals surface area contributed by atoms with Gasteiger partial charge in [-0.3, -0.25) is 0 Å². The molecule has 0 aliphatic rings. The standard InChI is InChI=1S/C12H11Cl2NS2/c1-7(2)15-11(6-17-12(15)16)9-4-3-8(13)5-10(9)14/h3-7H,1-2H3. The predicted octanol–water partition coefficient (Wildman–Crippen LogP) is 5.83. The maximum absolute atomic E-state index is 6.22. The highest BCUT2D eigenvalue weighted by molar-refractivity contribution is 7.73. The van der Waals surface area contributed by atoms with Gasteiger partial charge in [0.25, 0.3) is 0 Å². The molecule has 0 aliphatic heterocycles. The van der Waals surface area contributed by atoms with E-state index in [4.69, 9.17) is 35.4 Å². The first-order chi connectivity index (χ1) is 8.00. The molecule has 0 aliphatic carbocycles. The van der Waals surface area contributed by atoms with E-state index in [9.17, 15) is 0 Å². The van der Waals surface area contributed by atoms with Gasteiger partial charge in [-0.1, -0.05) is 23.2 Å². The van der Waals surface area contributed by atoms with Crippen molar-refractivity contribution in [2.45, 2.75) is 19.9 Å². The van der Waals surface area contributed by atoms with Crippen molar-refractivity contribution in [2.24, 2.45) is 0 Å². The van der Waals surface area contributed by atoms with Crippen LogP contribution in [-0.2, 0) is 0 Å². The summed E-state index contributed by atoms with van der Waals surface area (Å²) >= 11 is 19.0. The van der Waals surface area contributed by atoms with Crippen LogP contribution in [0, 0.1) is 3.95 Å². The molecule has 0 saturated carbocycles. The zero-order chi connectivity index (χ0) is 12.6. The van der Waals surface area contributed by atoms with Gasteiger partial charge in [-0.15, -0.1) is 11.3 Å². The lowest BCUT2D eigenvalue weighted by Gasteiger charge is -2.13. The number of hydrogen-bond acceptors (Lipinski definition) is 2. The van der Waals surface area contributed by atoms with Crippen molar-refractivity contribution in [1.82, 2.24) is 4.57 Å². The van der Waals surface area contributed by atoms with Crippen LogP contribution in [0.5, 0.6) is 0 Å². The van der Waals surface area contributed by atoms with E-state index in [1.54, 1.807) is 17.4 Å². The molecule has 1 aromatic heterocycles. The highest BCUT2D eigenvalue weighted by Gasteiger charge is 2.12. The van der Waals surface area contributed by atoms with Crippen LogP contribution in [0.2, 0.25) is 10.0 Å². The van der Waals surface area contributed by atoms with Gasteiger partial charge in [-0.05, 0) is 44.3 Å². The maximum Gasteiger partial charge on any atom is 0.161 e. The number of halogens is 2. The Morgan fingerprint density at radius 1 is 1.29 bits per heavy atom. The van der Waals surface area contributed by atoms with Gasteiger partial charge in [0.2, 0.25) is 0 Å². The van der Waals surface area contributed by atoms with Crippen LogP contribution in [0.25, 0.3) is 11.3 Å². The largest absolute Gasteiger partial charge is 0.320 e. The Bertz CT molecular complexity index is 599. The Labute approximate surface area is 120 Å². The van der Waals surface area contributed by atoms with Crippen LogP contribution in [0.3, 0.4) is 0 Å². The van der Waals surface area contributed by atoms with Crippen LogP contribution in [-0.4, -0.2) is 4.57 Å².